The molecule has 2 heterocycles. The molecule has 1 aliphatic carbocycles. The molecule has 3 fully saturated rings. The molecule has 2 unspecified atom stereocenters. The smallest absolute Gasteiger partial charge is 0.411 e. The average molecular weight is 315 g/mol. The Kier molecular flexibility index (Phi) is 4.67. The van der Waals surface area contributed by atoms with Crippen LogP contribution in [-0.4, -0.2) is 63.7 Å². The van der Waals surface area contributed by atoms with Crippen molar-refractivity contribution in [2.75, 3.05) is 6.61 Å². The Labute approximate surface area is 130 Å². The monoisotopic (exact) mass is 315 g/mol. The highest BCUT2D eigenvalue weighted by Gasteiger charge is 2.57. The fraction of sp³-hybridized carbons (Fsp3) is 0.867. The van der Waals surface area contributed by atoms with Crippen LogP contribution in [0.3, 0.4) is 0 Å². The molecule has 7 heteroatoms. The predicted molar refractivity (Wildman–Crippen MR) is 77.0 cm³/mol. The lowest BCUT2D eigenvalue weighted by Crippen LogP contribution is -2.71. The maximum Gasteiger partial charge on any atom is 0.411 e. The van der Waals surface area contributed by atoms with Crippen molar-refractivity contribution < 1.29 is 29.3 Å². The van der Waals surface area contributed by atoms with Crippen molar-refractivity contribution in [1.82, 2.24) is 4.90 Å². The highest BCUT2D eigenvalue weighted by molar-refractivity contribution is 5.83. The van der Waals surface area contributed by atoms with Crippen molar-refractivity contribution in [3.05, 3.63) is 0 Å². The molecule has 3 aliphatic rings. The molecule has 0 aromatic rings. The van der Waals surface area contributed by atoms with E-state index in [0.717, 1.165) is 0 Å². The predicted octanol–water partition coefficient (Wildman–Crippen LogP) is 0.669. The van der Waals surface area contributed by atoms with Crippen LogP contribution >= 0.6 is 0 Å². The summed E-state index contributed by atoms with van der Waals surface area (Å²) in [7, 11) is 0. The number of fused-ring (bicyclic) bond motifs is 3. The molecule has 3 rings (SSSR count). The number of piperidine rings is 2. The van der Waals surface area contributed by atoms with Gasteiger partial charge in [-0.2, -0.15) is 0 Å². The summed E-state index contributed by atoms with van der Waals surface area (Å²) < 4.78 is 10.4. The molecule has 5 atom stereocenters. The first kappa shape index (κ1) is 17.0. The summed E-state index contributed by atoms with van der Waals surface area (Å²) in [6, 6.07) is -1.55. The van der Waals surface area contributed by atoms with E-state index < -0.39 is 47.9 Å². The molecule has 0 aromatic carbocycles. The van der Waals surface area contributed by atoms with E-state index in [1.807, 2.05) is 0 Å². The molecule has 2 saturated heterocycles. The van der Waals surface area contributed by atoms with Gasteiger partial charge in [-0.25, -0.2) is 9.59 Å². The Morgan fingerprint density at radius 1 is 1.18 bits per heavy atom. The Balaban J connectivity index is 2.30. The number of rotatable bonds is 2. The third-order valence-electron chi connectivity index (χ3n) is 4.17. The van der Waals surface area contributed by atoms with Crippen molar-refractivity contribution in [2.45, 2.75) is 70.4 Å². The highest BCUT2D eigenvalue weighted by atomic mass is 16.6. The maximum absolute atomic E-state index is 12.5. The zero-order valence-corrected chi connectivity index (χ0v) is 13.5. The van der Waals surface area contributed by atoms with Gasteiger partial charge in [0, 0.05) is 5.92 Å². The molecule has 2 N–H and O–H groups in total. The molecule has 0 spiro atoms. The fourth-order valence-corrected chi connectivity index (χ4v) is 3.33. The Morgan fingerprint density at radius 2 is 1.82 bits per heavy atom. The van der Waals surface area contributed by atoms with Gasteiger partial charge in [-0.3, -0.25) is 4.90 Å². The fourth-order valence-electron chi connectivity index (χ4n) is 3.33. The quantitative estimate of drug-likeness (QED) is 0.727. The van der Waals surface area contributed by atoms with Gasteiger partial charge in [-0.1, -0.05) is 0 Å². The molecule has 126 valence electrons. The van der Waals surface area contributed by atoms with Crippen LogP contribution in [0.4, 0.5) is 4.79 Å². The van der Waals surface area contributed by atoms with Crippen LogP contribution in [-0.2, 0) is 14.3 Å². The van der Waals surface area contributed by atoms with Gasteiger partial charge >= 0.3 is 12.1 Å². The zero-order chi connectivity index (χ0) is 16.7. The minimum Gasteiger partial charge on any atom is -0.464 e. The molecular formula is C15H25NO6. The lowest BCUT2D eigenvalue weighted by Gasteiger charge is -2.53. The van der Waals surface area contributed by atoms with Crippen molar-refractivity contribution in [1.29, 1.82) is 0 Å². The third kappa shape index (κ3) is 3.05. The summed E-state index contributed by atoms with van der Waals surface area (Å²) in [6.07, 6.45) is -1.68. The van der Waals surface area contributed by atoms with E-state index in [-0.39, 0.29) is 6.61 Å². The van der Waals surface area contributed by atoms with Crippen molar-refractivity contribution in [3.63, 3.8) is 0 Å². The SMILES string of the molecule is CCOC(=O)[C@@H]1C2CCC([C@@H](O)[C@H]2O)N1C(=O)OC(C)(C)C. The number of esters is 1. The second-order valence-electron chi connectivity index (χ2n) is 6.87. The summed E-state index contributed by atoms with van der Waals surface area (Å²) in [5, 5.41) is 20.3. The third-order valence-corrected chi connectivity index (χ3v) is 4.17. The number of ether oxygens (including phenoxy) is 2. The molecule has 0 radical (unpaired) electrons. The van der Waals surface area contributed by atoms with E-state index in [4.69, 9.17) is 9.47 Å². The number of aliphatic hydroxyl groups excluding tert-OH is 2. The zero-order valence-electron chi connectivity index (χ0n) is 13.5. The lowest BCUT2D eigenvalue weighted by atomic mass is 9.71. The second-order valence-corrected chi connectivity index (χ2v) is 6.87. The van der Waals surface area contributed by atoms with Gasteiger partial charge in [-0.15, -0.1) is 0 Å². The average Bonchev–Trinajstić information content (AvgIpc) is 2.41. The first-order valence-corrected chi connectivity index (χ1v) is 7.71. The molecule has 1 amide bonds. The number of hydrogen-bond acceptors (Lipinski definition) is 6. The van der Waals surface area contributed by atoms with Gasteiger partial charge in [-0.05, 0) is 40.5 Å². The number of carbonyl (C=O) groups excluding carboxylic acids is 2. The first-order valence-electron chi connectivity index (χ1n) is 7.71. The van der Waals surface area contributed by atoms with Gasteiger partial charge in [0.1, 0.15) is 17.7 Å². The maximum atomic E-state index is 12.5. The van der Waals surface area contributed by atoms with Crippen LogP contribution < -0.4 is 0 Å². The molecule has 7 nitrogen and oxygen atoms in total. The number of amides is 1. The summed E-state index contributed by atoms with van der Waals surface area (Å²) in [5.41, 5.74) is -0.712. The minimum atomic E-state index is -1.07. The second kappa shape index (κ2) is 6.04. The summed E-state index contributed by atoms with van der Waals surface area (Å²) in [6.45, 7) is 7.07. The Bertz CT molecular complexity index is 446. The van der Waals surface area contributed by atoms with Crippen LogP contribution in [0.25, 0.3) is 0 Å². The van der Waals surface area contributed by atoms with Crippen LogP contribution in [0.1, 0.15) is 40.5 Å². The van der Waals surface area contributed by atoms with E-state index in [9.17, 15) is 19.8 Å². The molecular weight excluding hydrogens is 290 g/mol. The minimum absolute atomic E-state index is 0.188. The largest absolute Gasteiger partial charge is 0.464 e. The van der Waals surface area contributed by atoms with Gasteiger partial charge < -0.3 is 19.7 Å². The van der Waals surface area contributed by atoms with Crippen molar-refractivity contribution >= 4 is 12.1 Å². The van der Waals surface area contributed by atoms with Crippen molar-refractivity contribution in [2.24, 2.45) is 5.92 Å². The number of carbonyl (C=O) groups is 2. The first-order chi connectivity index (χ1) is 10.2. The van der Waals surface area contributed by atoms with E-state index >= 15 is 0 Å². The molecule has 1 saturated carbocycles. The van der Waals surface area contributed by atoms with Crippen LogP contribution in [0.2, 0.25) is 0 Å². The number of hydrogen-bond donors (Lipinski definition) is 2. The van der Waals surface area contributed by atoms with Gasteiger partial charge in [0.25, 0.3) is 0 Å². The van der Waals surface area contributed by atoms with Crippen LogP contribution in [0.5, 0.6) is 0 Å². The normalized spacial score (nSPS) is 34.5. The summed E-state index contributed by atoms with van der Waals surface area (Å²) >= 11 is 0. The van der Waals surface area contributed by atoms with E-state index in [2.05, 4.69) is 0 Å². The van der Waals surface area contributed by atoms with Gasteiger partial charge in [0.15, 0.2) is 0 Å². The van der Waals surface area contributed by atoms with Crippen LogP contribution in [0, 0.1) is 5.92 Å². The van der Waals surface area contributed by atoms with Gasteiger partial charge in [0.05, 0.1) is 18.8 Å². The summed E-state index contributed by atoms with van der Waals surface area (Å²) in [4.78, 5) is 26.0. The van der Waals surface area contributed by atoms with Gasteiger partial charge in [0.2, 0.25) is 0 Å². The molecule has 2 bridgehead atoms. The van der Waals surface area contributed by atoms with E-state index in [1.54, 1.807) is 27.7 Å². The molecule has 2 aliphatic heterocycles. The Morgan fingerprint density at radius 3 is 2.36 bits per heavy atom. The standard InChI is InChI=1S/C15H25NO6/c1-5-21-13(19)10-8-6-7-9(12(18)11(8)17)16(10)14(20)22-15(2,3)4/h8-12,17-18H,5-7H2,1-4H3/t8?,9?,10-,11-,12+/m0/s1. The number of nitrogens with zero attached hydrogens (tertiary/aromatic N) is 1. The molecule has 22 heavy (non-hydrogen) atoms. The van der Waals surface area contributed by atoms with Crippen LogP contribution in [0.15, 0.2) is 0 Å². The molecule has 0 aromatic heterocycles. The van der Waals surface area contributed by atoms with E-state index in [1.165, 1.54) is 4.90 Å². The number of aliphatic hydroxyl groups is 2. The Hall–Kier alpha value is -1.34. The van der Waals surface area contributed by atoms with E-state index in [0.29, 0.717) is 12.8 Å². The topological polar surface area (TPSA) is 96.3 Å². The summed E-state index contributed by atoms with van der Waals surface area (Å²) in [5.74, 6) is -1.10. The van der Waals surface area contributed by atoms with Crippen molar-refractivity contribution in [3.8, 4) is 0 Å². The highest BCUT2D eigenvalue weighted by Crippen LogP contribution is 2.41. The lowest BCUT2D eigenvalue weighted by molar-refractivity contribution is -0.185.